The normalized spacial score (nSPS) is 17.1. The second-order valence-electron chi connectivity index (χ2n) is 6.93. The Morgan fingerprint density at radius 1 is 1.36 bits per heavy atom. The predicted octanol–water partition coefficient (Wildman–Crippen LogP) is 5.33. The number of pyridine rings is 1. The summed E-state index contributed by atoms with van der Waals surface area (Å²) in [5, 5.41) is 2.45. The van der Waals surface area contributed by atoms with Gasteiger partial charge in [0.1, 0.15) is 15.1 Å². The van der Waals surface area contributed by atoms with E-state index in [2.05, 4.69) is 22.3 Å². The first-order valence-electron chi connectivity index (χ1n) is 9.02. The Kier molecular flexibility index (Phi) is 5.45. The van der Waals surface area contributed by atoms with Crippen LogP contribution >= 0.6 is 34.7 Å². The zero-order chi connectivity index (χ0) is 19.8. The van der Waals surface area contributed by atoms with E-state index in [0.717, 1.165) is 52.2 Å². The van der Waals surface area contributed by atoms with E-state index in [9.17, 15) is 4.79 Å². The van der Waals surface area contributed by atoms with Crippen molar-refractivity contribution in [3.8, 4) is 5.75 Å². The number of carbonyl (C=O) groups excluding carboxylic acids is 1. The van der Waals surface area contributed by atoms with Gasteiger partial charge >= 0.3 is 0 Å². The van der Waals surface area contributed by atoms with E-state index in [1.807, 2.05) is 18.3 Å². The lowest BCUT2D eigenvalue weighted by molar-refractivity contribution is 0.0701. The van der Waals surface area contributed by atoms with Crippen molar-refractivity contribution in [3.05, 3.63) is 50.7 Å². The molecule has 146 valence electrons. The third kappa shape index (κ3) is 3.45. The minimum atomic E-state index is -0.170. The number of carbonyl (C=O) groups is 1. The third-order valence-corrected chi connectivity index (χ3v) is 6.90. The summed E-state index contributed by atoms with van der Waals surface area (Å²) in [6, 6.07) is 6.10. The summed E-state index contributed by atoms with van der Waals surface area (Å²) in [6.07, 6.45) is 3.79. The second kappa shape index (κ2) is 7.85. The van der Waals surface area contributed by atoms with Gasteiger partial charge in [0.15, 0.2) is 5.69 Å². The average molecular weight is 436 g/mol. The number of ether oxygens (including phenoxy) is 1. The van der Waals surface area contributed by atoms with E-state index in [1.54, 1.807) is 12.0 Å². The van der Waals surface area contributed by atoms with Crippen molar-refractivity contribution in [2.75, 3.05) is 20.2 Å². The molecular formula is C20H19Cl2N3O2S. The molecule has 4 rings (SSSR count). The van der Waals surface area contributed by atoms with Crippen LogP contribution in [0.25, 0.3) is 10.8 Å². The van der Waals surface area contributed by atoms with Gasteiger partial charge < -0.3 is 9.64 Å². The van der Waals surface area contributed by atoms with Crippen LogP contribution in [-0.2, 0) is 0 Å². The Bertz CT molecular complexity index is 1050. The number of nitrogens with zero attached hydrogens (tertiary/aromatic N) is 3. The Labute approximate surface area is 177 Å². The third-order valence-electron chi connectivity index (χ3n) is 5.29. The van der Waals surface area contributed by atoms with Gasteiger partial charge in [0, 0.05) is 36.3 Å². The molecule has 0 N–H and O–H groups in total. The first-order chi connectivity index (χ1) is 13.5. The average Bonchev–Trinajstić information content (AvgIpc) is 3.06. The van der Waals surface area contributed by atoms with Crippen LogP contribution in [0.4, 0.5) is 0 Å². The van der Waals surface area contributed by atoms with Gasteiger partial charge in [-0.2, -0.15) is 4.37 Å². The summed E-state index contributed by atoms with van der Waals surface area (Å²) < 4.78 is 9.91. The number of methoxy groups -OCH3 is 1. The maximum Gasteiger partial charge on any atom is 0.275 e. The quantitative estimate of drug-likeness (QED) is 0.557. The number of hydrogen-bond donors (Lipinski definition) is 0. The van der Waals surface area contributed by atoms with Crippen LogP contribution < -0.4 is 4.74 Å². The molecule has 2 aromatic heterocycles. The van der Waals surface area contributed by atoms with E-state index in [4.69, 9.17) is 27.9 Å². The number of aryl methyl sites for hydroxylation is 1. The first kappa shape index (κ1) is 19.4. The van der Waals surface area contributed by atoms with E-state index < -0.39 is 0 Å². The number of aromatic nitrogens is 2. The van der Waals surface area contributed by atoms with Crippen LogP contribution in [0.1, 0.15) is 40.5 Å². The Morgan fingerprint density at radius 3 is 2.89 bits per heavy atom. The molecule has 1 aromatic carbocycles. The van der Waals surface area contributed by atoms with Gasteiger partial charge in [-0.3, -0.25) is 9.78 Å². The molecule has 1 aliphatic rings. The highest BCUT2D eigenvalue weighted by atomic mass is 35.5. The number of likely N-dealkylation sites (tertiary alicyclic amines) is 1. The van der Waals surface area contributed by atoms with Crippen LogP contribution in [0.15, 0.2) is 24.4 Å². The van der Waals surface area contributed by atoms with Crippen molar-refractivity contribution in [2.24, 2.45) is 0 Å². The fourth-order valence-electron chi connectivity index (χ4n) is 3.75. The second-order valence-corrected chi connectivity index (χ2v) is 8.69. The first-order valence-corrected chi connectivity index (χ1v) is 10.6. The topological polar surface area (TPSA) is 55.3 Å². The summed E-state index contributed by atoms with van der Waals surface area (Å²) >= 11 is 13.1. The molecule has 1 amide bonds. The monoisotopic (exact) mass is 435 g/mol. The summed E-state index contributed by atoms with van der Waals surface area (Å²) in [7, 11) is 1.68. The molecule has 1 atom stereocenters. The molecule has 1 fully saturated rings. The predicted molar refractivity (Wildman–Crippen MR) is 113 cm³/mol. The van der Waals surface area contributed by atoms with Crippen molar-refractivity contribution in [1.82, 2.24) is 14.3 Å². The molecule has 3 heterocycles. The maximum absolute atomic E-state index is 12.9. The van der Waals surface area contributed by atoms with E-state index in [-0.39, 0.29) is 22.5 Å². The number of fused-ring (bicyclic) bond motifs is 1. The number of piperidine rings is 1. The lowest BCUT2D eigenvalue weighted by atomic mass is 9.92. The number of hydrogen-bond acceptors (Lipinski definition) is 5. The Morgan fingerprint density at radius 2 is 2.18 bits per heavy atom. The van der Waals surface area contributed by atoms with Gasteiger partial charge in [0.05, 0.1) is 7.11 Å². The van der Waals surface area contributed by atoms with Crippen molar-refractivity contribution >= 4 is 51.4 Å². The SMILES string of the molecule is COc1ccc2cnc([C@H]3CCCN(C(=O)c4nsc(Cl)c4Cl)C3)cc2c1C. The van der Waals surface area contributed by atoms with Gasteiger partial charge in [0.2, 0.25) is 0 Å². The van der Waals surface area contributed by atoms with Crippen LogP contribution in [0, 0.1) is 6.92 Å². The minimum Gasteiger partial charge on any atom is -0.496 e. The molecule has 28 heavy (non-hydrogen) atoms. The molecule has 0 bridgehead atoms. The molecule has 3 aromatic rings. The Hall–Kier alpha value is -1.89. The van der Waals surface area contributed by atoms with Gasteiger partial charge in [0.25, 0.3) is 5.91 Å². The van der Waals surface area contributed by atoms with Gasteiger partial charge in [-0.25, -0.2) is 0 Å². The van der Waals surface area contributed by atoms with Gasteiger partial charge in [-0.1, -0.05) is 23.2 Å². The molecule has 1 saturated heterocycles. The molecule has 0 spiro atoms. The summed E-state index contributed by atoms with van der Waals surface area (Å²) in [6.45, 7) is 3.32. The molecule has 5 nitrogen and oxygen atoms in total. The fraction of sp³-hybridized carbons (Fsp3) is 0.350. The van der Waals surface area contributed by atoms with E-state index in [1.165, 1.54) is 0 Å². The smallest absolute Gasteiger partial charge is 0.275 e. The van der Waals surface area contributed by atoms with Crippen LogP contribution in [0.3, 0.4) is 0 Å². The van der Waals surface area contributed by atoms with Crippen molar-refractivity contribution < 1.29 is 9.53 Å². The summed E-state index contributed by atoms with van der Waals surface area (Å²) in [5.41, 5.74) is 2.32. The molecule has 0 aliphatic carbocycles. The standard InChI is InChI=1S/C20H19Cl2N3O2S/c1-11-14-8-15(23-9-12(14)5-6-16(11)27-2)13-4-3-7-25(10-13)20(26)18-17(21)19(22)28-24-18/h5-6,8-9,13H,3-4,7,10H2,1-2H3/t13-/m0/s1. The number of benzene rings is 1. The molecule has 8 heteroatoms. The van der Waals surface area contributed by atoms with Crippen LogP contribution in [0.2, 0.25) is 9.36 Å². The molecular weight excluding hydrogens is 417 g/mol. The van der Waals surface area contributed by atoms with Gasteiger partial charge in [-0.05, 0) is 60.4 Å². The number of amides is 1. The lowest BCUT2D eigenvalue weighted by Gasteiger charge is -2.32. The van der Waals surface area contributed by atoms with E-state index >= 15 is 0 Å². The zero-order valence-electron chi connectivity index (χ0n) is 15.5. The van der Waals surface area contributed by atoms with Crippen molar-refractivity contribution in [2.45, 2.75) is 25.7 Å². The van der Waals surface area contributed by atoms with Crippen LogP contribution in [0.5, 0.6) is 5.75 Å². The molecule has 0 radical (unpaired) electrons. The highest BCUT2D eigenvalue weighted by molar-refractivity contribution is 7.11. The van der Waals surface area contributed by atoms with Crippen LogP contribution in [-0.4, -0.2) is 40.4 Å². The Balaban J connectivity index is 1.61. The highest BCUT2D eigenvalue weighted by Crippen LogP contribution is 2.34. The number of rotatable bonds is 3. The molecule has 1 aliphatic heterocycles. The minimum absolute atomic E-state index is 0.167. The fourth-order valence-corrected chi connectivity index (χ4v) is 4.74. The summed E-state index contributed by atoms with van der Waals surface area (Å²) in [5.74, 6) is 0.859. The van der Waals surface area contributed by atoms with Crippen molar-refractivity contribution in [1.29, 1.82) is 0 Å². The lowest BCUT2D eigenvalue weighted by Crippen LogP contribution is -2.39. The molecule has 0 unspecified atom stereocenters. The molecule has 0 saturated carbocycles. The maximum atomic E-state index is 12.9. The zero-order valence-corrected chi connectivity index (χ0v) is 17.9. The van der Waals surface area contributed by atoms with Crippen molar-refractivity contribution in [3.63, 3.8) is 0 Å². The largest absolute Gasteiger partial charge is 0.496 e. The summed E-state index contributed by atoms with van der Waals surface area (Å²) in [4.78, 5) is 19.3. The van der Waals surface area contributed by atoms with Gasteiger partial charge in [-0.15, -0.1) is 0 Å². The number of halogens is 2. The van der Waals surface area contributed by atoms with E-state index in [0.29, 0.717) is 17.4 Å². The highest BCUT2D eigenvalue weighted by Gasteiger charge is 2.29.